The Morgan fingerprint density at radius 2 is 1.75 bits per heavy atom. The first kappa shape index (κ1) is 20.2. The van der Waals surface area contributed by atoms with Gasteiger partial charge in [0.15, 0.2) is 5.13 Å². The second kappa shape index (κ2) is 8.64. The average molecular weight is 416 g/mol. The van der Waals surface area contributed by atoms with Gasteiger partial charge in [-0.25, -0.2) is 18.1 Å². The molecule has 1 amide bonds. The summed E-state index contributed by atoms with van der Waals surface area (Å²) in [6, 6.07) is 14.6. The first-order chi connectivity index (χ1) is 13.4. The van der Waals surface area contributed by atoms with Crippen molar-refractivity contribution >= 4 is 32.4 Å². The van der Waals surface area contributed by atoms with E-state index < -0.39 is 10.0 Å². The first-order valence-corrected chi connectivity index (χ1v) is 11.1. The Labute approximate surface area is 168 Å². The Morgan fingerprint density at radius 1 is 1.07 bits per heavy atom. The van der Waals surface area contributed by atoms with Crippen LogP contribution in [-0.4, -0.2) is 26.4 Å². The van der Waals surface area contributed by atoms with Crippen molar-refractivity contribution < 1.29 is 13.2 Å². The molecule has 3 rings (SSSR count). The van der Waals surface area contributed by atoms with Gasteiger partial charge in [-0.3, -0.25) is 4.79 Å². The molecule has 0 bridgehead atoms. The summed E-state index contributed by atoms with van der Waals surface area (Å²) in [5, 5.41) is 5.30. The molecule has 0 aliphatic rings. The van der Waals surface area contributed by atoms with Crippen LogP contribution in [0.25, 0.3) is 11.3 Å². The van der Waals surface area contributed by atoms with E-state index in [0.29, 0.717) is 11.6 Å². The van der Waals surface area contributed by atoms with Crippen molar-refractivity contribution in [2.45, 2.75) is 24.7 Å². The molecule has 0 spiro atoms. The molecule has 0 unspecified atom stereocenters. The van der Waals surface area contributed by atoms with Crippen LogP contribution < -0.4 is 10.0 Å². The van der Waals surface area contributed by atoms with Crippen molar-refractivity contribution in [3.05, 3.63) is 65.0 Å². The van der Waals surface area contributed by atoms with Gasteiger partial charge in [0, 0.05) is 17.4 Å². The van der Waals surface area contributed by atoms with Crippen LogP contribution in [0.2, 0.25) is 0 Å². The van der Waals surface area contributed by atoms with E-state index in [0.717, 1.165) is 16.8 Å². The number of hydrogen-bond acceptors (Lipinski definition) is 5. The van der Waals surface area contributed by atoms with Gasteiger partial charge in [-0.1, -0.05) is 42.0 Å². The Hall–Kier alpha value is -2.55. The number of nitrogens with zero attached hydrogens (tertiary/aromatic N) is 1. The fraction of sp³-hybridized carbons (Fsp3) is 0.200. The van der Waals surface area contributed by atoms with Crippen molar-refractivity contribution in [2.24, 2.45) is 0 Å². The monoisotopic (exact) mass is 415 g/mol. The van der Waals surface area contributed by atoms with Gasteiger partial charge in [0.2, 0.25) is 15.9 Å². The van der Waals surface area contributed by atoms with Crippen molar-refractivity contribution in [1.82, 2.24) is 9.71 Å². The van der Waals surface area contributed by atoms with E-state index in [-0.39, 0.29) is 17.2 Å². The smallest absolute Gasteiger partial charge is 0.240 e. The largest absolute Gasteiger partial charge is 0.302 e. The van der Waals surface area contributed by atoms with E-state index >= 15 is 0 Å². The Bertz CT molecular complexity index is 1060. The third-order valence-corrected chi connectivity index (χ3v) is 6.43. The zero-order valence-corrected chi connectivity index (χ0v) is 17.2. The number of anilines is 1. The predicted molar refractivity (Wildman–Crippen MR) is 112 cm³/mol. The lowest BCUT2D eigenvalue weighted by atomic mass is 10.1. The molecule has 0 fully saturated rings. The van der Waals surface area contributed by atoms with Crippen molar-refractivity contribution in [3.63, 3.8) is 0 Å². The van der Waals surface area contributed by atoms with Gasteiger partial charge in [-0.05, 0) is 38.1 Å². The summed E-state index contributed by atoms with van der Waals surface area (Å²) in [6.07, 6.45) is 0.805. The van der Waals surface area contributed by atoms with Crippen LogP contribution in [0.4, 0.5) is 5.13 Å². The lowest BCUT2D eigenvalue weighted by molar-refractivity contribution is -0.116. The number of aromatic nitrogens is 1. The minimum atomic E-state index is -3.45. The van der Waals surface area contributed by atoms with Crippen LogP contribution in [0.3, 0.4) is 0 Å². The number of sulfonamides is 1. The molecule has 0 aliphatic heterocycles. The quantitative estimate of drug-likeness (QED) is 0.617. The number of aryl methyl sites for hydroxylation is 2. The molecule has 0 saturated carbocycles. The average Bonchev–Trinajstić information content (AvgIpc) is 3.15. The van der Waals surface area contributed by atoms with E-state index in [2.05, 4.69) is 15.0 Å². The summed E-state index contributed by atoms with van der Waals surface area (Å²) in [6.45, 7) is 2.03. The van der Waals surface area contributed by atoms with Crippen molar-refractivity contribution in [2.75, 3.05) is 12.4 Å². The molecule has 1 heterocycles. The Morgan fingerprint density at radius 3 is 2.39 bits per heavy atom. The molecule has 0 radical (unpaired) electrons. The van der Waals surface area contributed by atoms with E-state index in [1.807, 2.05) is 36.6 Å². The molecular weight excluding hydrogens is 394 g/mol. The number of benzene rings is 2. The SMILES string of the molecule is CNS(=O)(=O)c1ccc(CCC(=O)Nc2nc(-c3ccc(C)cc3)cs2)cc1. The zero-order valence-electron chi connectivity index (χ0n) is 15.6. The van der Waals surface area contributed by atoms with Gasteiger partial charge in [-0.15, -0.1) is 11.3 Å². The van der Waals surface area contributed by atoms with E-state index in [1.54, 1.807) is 12.1 Å². The van der Waals surface area contributed by atoms with Gasteiger partial charge in [0.25, 0.3) is 0 Å². The summed E-state index contributed by atoms with van der Waals surface area (Å²) in [7, 11) is -2.07. The number of amides is 1. The lowest BCUT2D eigenvalue weighted by Gasteiger charge is -2.05. The molecule has 0 aliphatic carbocycles. The number of rotatable bonds is 7. The molecule has 28 heavy (non-hydrogen) atoms. The fourth-order valence-electron chi connectivity index (χ4n) is 2.58. The lowest BCUT2D eigenvalue weighted by Crippen LogP contribution is -2.18. The molecule has 0 saturated heterocycles. The van der Waals surface area contributed by atoms with Crippen LogP contribution in [0, 0.1) is 6.92 Å². The van der Waals surface area contributed by atoms with E-state index in [9.17, 15) is 13.2 Å². The number of hydrogen-bond donors (Lipinski definition) is 2. The normalized spacial score (nSPS) is 11.4. The van der Waals surface area contributed by atoms with Crippen LogP contribution in [-0.2, 0) is 21.2 Å². The Kier molecular flexibility index (Phi) is 6.23. The maximum Gasteiger partial charge on any atom is 0.240 e. The molecule has 2 N–H and O–H groups in total. The minimum Gasteiger partial charge on any atom is -0.302 e. The summed E-state index contributed by atoms with van der Waals surface area (Å²) in [5.41, 5.74) is 3.93. The maximum atomic E-state index is 12.2. The van der Waals surface area contributed by atoms with Crippen LogP contribution in [0.5, 0.6) is 0 Å². The van der Waals surface area contributed by atoms with E-state index in [1.165, 1.54) is 36.1 Å². The molecule has 3 aromatic rings. The zero-order chi connectivity index (χ0) is 20.1. The highest BCUT2D eigenvalue weighted by molar-refractivity contribution is 7.89. The highest BCUT2D eigenvalue weighted by Gasteiger charge is 2.11. The molecule has 1 aromatic heterocycles. The predicted octanol–water partition coefficient (Wildman–Crippen LogP) is 3.60. The number of carbonyl (C=O) groups is 1. The van der Waals surface area contributed by atoms with Crippen molar-refractivity contribution in [1.29, 1.82) is 0 Å². The molecule has 8 heteroatoms. The summed E-state index contributed by atoms with van der Waals surface area (Å²) >= 11 is 1.39. The van der Waals surface area contributed by atoms with Gasteiger partial charge in [0.05, 0.1) is 10.6 Å². The molecule has 6 nitrogen and oxygen atoms in total. The third-order valence-electron chi connectivity index (χ3n) is 4.24. The van der Waals surface area contributed by atoms with Gasteiger partial charge < -0.3 is 5.32 Å². The van der Waals surface area contributed by atoms with Crippen LogP contribution in [0.1, 0.15) is 17.5 Å². The van der Waals surface area contributed by atoms with Gasteiger partial charge in [0.1, 0.15) is 0 Å². The molecule has 146 valence electrons. The summed E-state index contributed by atoms with van der Waals surface area (Å²) < 4.78 is 25.7. The maximum absolute atomic E-state index is 12.2. The second-order valence-electron chi connectivity index (χ2n) is 6.30. The standard InChI is InChI=1S/C20H21N3O3S2/c1-14-3-8-16(9-4-14)18-13-27-20(22-18)23-19(24)12-7-15-5-10-17(11-6-15)28(25,26)21-2/h3-6,8-11,13,21H,7,12H2,1-2H3,(H,22,23,24). The molecular formula is C20H21N3O3S2. The number of thiazole rings is 1. The molecule has 2 aromatic carbocycles. The second-order valence-corrected chi connectivity index (χ2v) is 9.05. The summed E-state index contributed by atoms with van der Waals surface area (Å²) in [5.74, 6) is -0.128. The van der Waals surface area contributed by atoms with Gasteiger partial charge in [-0.2, -0.15) is 0 Å². The van der Waals surface area contributed by atoms with Crippen LogP contribution >= 0.6 is 11.3 Å². The van der Waals surface area contributed by atoms with E-state index in [4.69, 9.17) is 0 Å². The van der Waals surface area contributed by atoms with Gasteiger partial charge >= 0.3 is 0 Å². The molecule has 0 atom stereocenters. The number of nitrogens with one attached hydrogen (secondary N) is 2. The third kappa shape index (κ3) is 5.03. The fourth-order valence-corrected chi connectivity index (χ4v) is 4.05. The minimum absolute atomic E-state index is 0.128. The van der Waals surface area contributed by atoms with Crippen LogP contribution in [0.15, 0.2) is 58.8 Å². The Balaban J connectivity index is 1.55. The highest BCUT2D eigenvalue weighted by Crippen LogP contribution is 2.25. The first-order valence-electron chi connectivity index (χ1n) is 8.72. The topological polar surface area (TPSA) is 88.2 Å². The number of carbonyl (C=O) groups excluding carboxylic acids is 1. The summed E-state index contributed by atoms with van der Waals surface area (Å²) in [4.78, 5) is 16.9. The highest BCUT2D eigenvalue weighted by atomic mass is 32.2. The van der Waals surface area contributed by atoms with Crippen molar-refractivity contribution in [3.8, 4) is 11.3 Å².